The molecule has 3 rings (SSSR count). The van der Waals surface area contributed by atoms with E-state index in [-0.39, 0.29) is 17.7 Å². The minimum atomic E-state index is -0.656. The van der Waals surface area contributed by atoms with Gasteiger partial charge in [-0.1, -0.05) is 35.3 Å². The van der Waals surface area contributed by atoms with Gasteiger partial charge in [-0.3, -0.25) is 4.90 Å². The topological polar surface area (TPSA) is 41.9 Å². The molecule has 2 aromatic rings. The first-order valence-electron chi connectivity index (χ1n) is 9.20. The average Bonchev–Trinajstić information content (AvgIpc) is 2.66. The number of hydrogen-bond donors (Lipinski definition) is 1. The van der Waals surface area contributed by atoms with E-state index in [2.05, 4.69) is 4.90 Å². The normalized spacial score (nSPS) is 18.9. The SMILES string of the molecule is Cc1cccc(OCC(O)CN2CCOC(c3cc(F)c(Cl)cc3Cl)C2)c1C. The van der Waals surface area contributed by atoms with E-state index in [0.717, 1.165) is 16.9 Å². The number of benzene rings is 2. The number of morpholine rings is 1. The second kappa shape index (κ2) is 9.42. The lowest BCUT2D eigenvalue weighted by molar-refractivity contribution is -0.0460. The van der Waals surface area contributed by atoms with Crippen molar-refractivity contribution in [3.8, 4) is 5.75 Å². The fourth-order valence-electron chi connectivity index (χ4n) is 3.26. The summed E-state index contributed by atoms with van der Waals surface area (Å²) in [5.74, 6) is 0.256. The molecule has 0 amide bonds. The number of hydrogen-bond acceptors (Lipinski definition) is 4. The van der Waals surface area contributed by atoms with E-state index in [4.69, 9.17) is 32.7 Å². The Morgan fingerprint density at radius 3 is 2.86 bits per heavy atom. The van der Waals surface area contributed by atoms with Crippen molar-refractivity contribution >= 4 is 23.2 Å². The Bertz CT molecular complexity index is 834. The third kappa shape index (κ3) is 5.16. The molecule has 0 bridgehead atoms. The van der Waals surface area contributed by atoms with Gasteiger partial charge >= 0.3 is 0 Å². The molecular weight excluding hydrogens is 404 g/mol. The standard InChI is InChI=1S/C21H24Cl2FNO3/c1-13-4-3-5-20(14(13)2)28-12-15(26)10-25-6-7-27-21(11-25)16-8-19(24)18(23)9-17(16)22/h3-5,8-9,15,21,26H,6-7,10-12H2,1-2H3. The van der Waals surface area contributed by atoms with Crippen LogP contribution in [0.3, 0.4) is 0 Å². The summed E-state index contributed by atoms with van der Waals surface area (Å²) in [6, 6.07) is 8.57. The van der Waals surface area contributed by atoms with Crippen molar-refractivity contribution in [1.82, 2.24) is 4.90 Å². The number of halogens is 3. The van der Waals surface area contributed by atoms with Crippen LogP contribution >= 0.6 is 23.2 Å². The van der Waals surface area contributed by atoms with Gasteiger partial charge in [0.25, 0.3) is 0 Å². The maximum absolute atomic E-state index is 13.8. The maximum atomic E-state index is 13.8. The summed E-state index contributed by atoms with van der Waals surface area (Å²) in [7, 11) is 0. The molecule has 0 spiro atoms. The largest absolute Gasteiger partial charge is 0.491 e. The first-order valence-corrected chi connectivity index (χ1v) is 9.96. The van der Waals surface area contributed by atoms with E-state index in [0.29, 0.717) is 36.8 Å². The van der Waals surface area contributed by atoms with Gasteiger partial charge in [0.1, 0.15) is 24.3 Å². The summed E-state index contributed by atoms with van der Waals surface area (Å²) < 4.78 is 25.4. The van der Waals surface area contributed by atoms with Gasteiger partial charge in [-0.05, 0) is 43.2 Å². The Morgan fingerprint density at radius 2 is 2.07 bits per heavy atom. The van der Waals surface area contributed by atoms with Gasteiger partial charge in [0, 0.05) is 30.2 Å². The Morgan fingerprint density at radius 1 is 1.29 bits per heavy atom. The third-order valence-electron chi connectivity index (χ3n) is 4.99. The van der Waals surface area contributed by atoms with E-state index in [1.165, 1.54) is 12.1 Å². The number of rotatable bonds is 6. The second-order valence-corrected chi connectivity index (χ2v) is 7.88. The Labute approximate surface area is 174 Å². The highest BCUT2D eigenvalue weighted by molar-refractivity contribution is 6.35. The highest BCUT2D eigenvalue weighted by atomic mass is 35.5. The lowest BCUT2D eigenvalue weighted by atomic mass is 10.1. The lowest BCUT2D eigenvalue weighted by Crippen LogP contribution is -2.43. The fourth-order valence-corrected chi connectivity index (χ4v) is 3.76. The zero-order chi connectivity index (χ0) is 20.3. The fraction of sp³-hybridized carbons (Fsp3) is 0.429. The number of nitrogens with zero attached hydrogens (tertiary/aromatic N) is 1. The second-order valence-electron chi connectivity index (χ2n) is 7.07. The van der Waals surface area contributed by atoms with E-state index < -0.39 is 11.9 Å². The molecule has 2 atom stereocenters. The van der Waals surface area contributed by atoms with Crippen molar-refractivity contribution in [2.45, 2.75) is 26.1 Å². The molecule has 7 heteroatoms. The third-order valence-corrected chi connectivity index (χ3v) is 5.61. The molecule has 2 aromatic carbocycles. The highest BCUT2D eigenvalue weighted by Gasteiger charge is 2.26. The number of aliphatic hydroxyl groups excluding tert-OH is 1. The van der Waals surface area contributed by atoms with Crippen LogP contribution in [0.1, 0.15) is 22.8 Å². The predicted molar refractivity (Wildman–Crippen MR) is 109 cm³/mol. The smallest absolute Gasteiger partial charge is 0.142 e. The molecule has 1 aliphatic heterocycles. The van der Waals surface area contributed by atoms with Gasteiger partial charge < -0.3 is 14.6 Å². The molecule has 1 heterocycles. The molecule has 1 fully saturated rings. The van der Waals surface area contributed by atoms with Gasteiger partial charge in [-0.2, -0.15) is 0 Å². The Hall–Kier alpha value is -1.37. The van der Waals surface area contributed by atoms with Gasteiger partial charge in [-0.25, -0.2) is 4.39 Å². The Balaban J connectivity index is 1.57. The van der Waals surface area contributed by atoms with Crippen molar-refractivity contribution in [3.05, 3.63) is 62.9 Å². The molecule has 1 N–H and O–H groups in total. The highest BCUT2D eigenvalue weighted by Crippen LogP contribution is 2.32. The minimum Gasteiger partial charge on any atom is -0.491 e. The molecule has 1 saturated heterocycles. The monoisotopic (exact) mass is 427 g/mol. The summed E-state index contributed by atoms with van der Waals surface area (Å²) in [5.41, 5.74) is 2.78. The summed E-state index contributed by atoms with van der Waals surface area (Å²) in [4.78, 5) is 2.06. The van der Waals surface area contributed by atoms with Crippen LogP contribution in [-0.2, 0) is 4.74 Å². The van der Waals surface area contributed by atoms with Crippen LogP contribution in [0, 0.1) is 19.7 Å². The first kappa shape index (κ1) is 21.3. The van der Waals surface area contributed by atoms with E-state index in [1.54, 1.807) is 0 Å². The molecule has 0 radical (unpaired) electrons. The van der Waals surface area contributed by atoms with Crippen LogP contribution in [-0.4, -0.2) is 49.0 Å². The molecular formula is C21H24Cl2FNO3. The minimum absolute atomic E-state index is 0.0135. The Kier molecular flexibility index (Phi) is 7.18. The van der Waals surface area contributed by atoms with Crippen LogP contribution in [0.2, 0.25) is 10.0 Å². The van der Waals surface area contributed by atoms with Crippen molar-refractivity contribution < 1.29 is 19.0 Å². The molecule has 0 saturated carbocycles. The summed E-state index contributed by atoms with van der Waals surface area (Å²) in [5, 5.41) is 10.8. The molecule has 1 aliphatic rings. The molecule has 2 unspecified atom stereocenters. The van der Waals surface area contributed by atoms with Crippen LogP contribution in [0.4, 0.5) is 4.39 Å². The van der Waals surface area contributed by atoms with Gasteiger partial charge in [-0.15, -0.1) is 0 Å². The molecule has 4 nitrogen and oxygen atoms in total. The molecule has 0 aliphatic carbocycles. The molecule has 0 aromatic heterocycles. The van der Waals surface area contributed by atoms with Gasteiger partial charge in [0.2, 0.25) is 0 Å². The van der Waals surface area contributed by atoms with Crippen LogP contribution in [0.25, 0.3) is 0 Å². The van der Waals surface area contributed by atoms with Gasteiger partial charge in [0.15, 0.2) is 0 Å². The van der Waals surface area contributed by atoms with Crippen molar-refractivity contribution in [2.24, 2.45) is 0 Å². The van der Waals surface area contributed by atoms with E-state index in [9.17, 15) is 9.50 Å². The zero-order valence-corrected chi connectivity index (χ0v) is 17.4. The quantitative estimate of drug-likeness (QED) is 0.685. The molecule has 28 heavy (non-hydrogen) atoms. The predicted octanol–water partition coefficient (Wildman–Crippen LogP) is 4.56. The number of ether oxygens (including phenoxy) is 2. The van der Waals surface area contributed by atoms with E-state index >= 15 is 0 Å². The summed E-state index contributed by atoms with van der Waals surface area (Å²) in [6.07, 6.45) is -1.03. The van der Waals surface area contributed by atoms with Crippen LogP contribution < -0.4 is 4.74 Å². The molecule has 152 valence electrons. The van der Waals surface area contributed by atoms with Crippen LogP contribution in [0.15, 0.2) is 30.3 Å². The van der Waals surface area contributed by atoms with E-state index in [1.807, 2.05) is 32.0 Å². The number of β-amino-alcohol motifs (C(OH)–C–C–N with tert-alkyl or cyclic N) is 1. The lowest BCUT2D eigenvalue weighted by Gasteiger charge is -2.34. The number of aryl methyl sites for hydroxylation is 1. The van der Waals surface area contributed by atoms with Crippen molar-refractivity contribution in [2.75, 3.05) is 32.8 Å². The number of aliphatic hydroxyl groups is 1. The average molecular weight is 428 g/mol. The van der Waals surface area contributed by atoms with Gasteiger partial charge in [0.05, 0.1) is 17.7 Å². The van der Waals surface area contributed by atoms with Crippen LogP contribution in [0.5, 0.6) is 5.75 Å². The summed E-state index contributed by atoms with van der Waals surface area (Å²) in [6.45, 7) is 6.29. The van der Waals surface area contributed by atoms with Crippen molar-refractivity contribution in [1.29, 1.82) is 0 Å². The zero-order valence-electron chi connectivity index (χ0n) is 15.9. The maximum Gasteiger partial charge on any atom is 0.142 e. The summed E-state index contributed by atoms with van der Waals surface area (Å²) >= 11 is 12.0. The van der Waals surface area contributed by atoms with Crippen molar-refractivity contribution in [3.63, 3.8) is 0 Å². The first-order chi connectivity index (χ1) is 13.3.